The average Bonchev–Trinajstić information content (AvgIpc) is 2.73. The highest BCUT2D eigenvalue weighted by Crippen LogP contribution is 2.23. The van der Waals surface area contributed by atoms with Crippen molar-refractivity contribution in [2.75, 3.05) is 23.7 Å². The summed E-state index contributed by atoms with van der Waals surface area (Å²) in [4.78, 5) is 10.8. The van der Waals surface area contributed by atoms with E-state index in [1.165, 1.54) is 11.2 Å². The zero-order valence-corrected chi connectivity index (χ0v) is 13.1. The Morgan fingerprint density at radius 1 is 1.50 bits per heavy atom. The number of nitrogens with zero attached hydrogens (tertiary/aromatic N) is 3. The van der Waals surface area contributed by atoms with E-state index in [2.05, 4.69) is 31.4 Å². The van der Waals surface area contributed by atoms with E-state index in [1.807, 2.05) is 0 Å². The van der Waals surface area contributed by atoms with Crippen molar-refractivity contribution in [1.29, 1.82) is 0 Å². The molecule has 0 fully saturated rings. The van der Waals surface area contributed by atoms with Crippen LogP contribution in [-0.2, 0) is 14.8 Å². The van der Waals surface area contributed by atoms with Crippen LogP contribution in [0.1, 0.15) is 13.8 Å². The molecule has 10 heteroatoms. The Bertz CT molecular complexity index is 516. The molecule has 0 aliphatic heterocycles. The van der Waals surface area contributed by atoms with Crippen molar-refractivity contribution in [2.45, 2.75) is 18.2 Å². The number of carbonyl (C=O) groups excluding carboxylic acids is 1. The minimum absolute atomic E-state index is 0.117. The van der Waals surface area contributed by atoms with Gasteiger partial charge in [0, 0.05) is 25.3 Å². The highest BCUT2D eigenvalue weighted by atomic mass is 79.9. The van der Waals surface area contributed by atoms with Gasteiger partial charge >= 0.3 is 0 Å². The second-order valence-corrected chi connectivity index (χ2v) is 7.12. The molecule has 0 aliphatic rings. The van der Waals surface area contributed by atoms with E-state index in [1.54, 1.807) is 6.92 Å². The topological polar surface area (TPSA) is 92.3 Å². The molecular formula is C8H13BrN4O3S2. The molecule has 1 aromatic heterocycles. The van der Waals surface area contributed by atoms with Gasteiger partial charge in [-0.3, -0.25) is 4.79 Å². The van der Waals surface area contributed by atoms with E-state index in [4.69, 9.17) is 0 Å². The van der Waals surface area contributed by atoms with E-state index in [0.717, 1.165) is 11.3 Å². The van der Waals surface area contributed by atoms with Gasteiger partial charge in [-0.1, -0.05) is 34.2 Å². The predicted octanol–water partition coefficient (Wildman–Crippen LogP) is 0.902. The summed E-state index contributed by atoms with van der Waals surface area (Å²) in [5, 5.41) is 10.3. The number of nitrogens with one attached hydrogen (secondary N) is 1. The summed E-state index contributed by atoms with van der Waals surface area (Å²) < 4.78 is 25.5. The van der Waals surface area contributed by atoms with Crippen LogP contribution in [0.25, 0.3) is 0 Å². The molecule has 1 rings (SSSR count). The number of alkyl halides is 1. The third-order valence-corrected chi connectivity index (χ3v) is 5.45. The lowest BCUT2D eigenvalue weighted by molar-refractivity contribution is -0.114. The molecule has 7 nitrogen and oxygen atoms in total. The summed E-state index contributed by atoms with van der Waals surface area (Å²) in [5.74, 6) is -0.317. The number of amides is 1. The quantitative estimate of drug-likeness (QED) is 0.603. The smallest absolute Gasteiger partial charge is 0.272 e. The maximum absolute atomic E-state index is 12.2. The predicted molar refractivity (Wildman–Crippen MR) is 72.4 cm³/mol. The van der Waals surface area contributed by atoms with Crippen LogP contribution in [0, 0.1) is 0 Å². The molecule has 102 valence electrons. The van der Waals surface area contributed by atoms with Crippen LogP contribution in [-0.4, -0.2) is 47.2 Å². The first-order valence-corrected chi connectivity index (χ1v) is 8.46. The molecule has 0 aromatic carbocycles. The monoisotopic (exact) mass is 356 g/mol. The van der Waals surface area contributed by atoms with Crippen LogP contribution in [0.2, 0.25) is 0 Å². The molecule has 0 saturated heterocycles. The molecule has 1 heterocycles. The fourth-order valence-electron chi connectivity index (χ4n) is 1.17. The zero-order valence-electron chi connectivity index (χ0n) is 9.88. The Morgan fingerprint density at radius 3 is 2.67 bits per heavy atom. The molecular weight excluding hydrogens is 344 g/mol. The highest BCUT2D eigenvalue weighted by Gasteiger charge is 2.27. The standard InChI is InChI=1S/C8H13BrN4O3S2/c1-3-13(5-4-9)18(15,16)8-12-11-7(17-8)10-6(2)14/h3-5H2,1-2H3,(H,10,11,14). The molecule has 0 atom stereocenters. The summed E-state index contributed by atoms with van der Waals surface area (Å²) in [7, 11) is -3.63. The van der Waals surface area contributed by atoms with Crippen molar-refractivity contribution >= 4 is 48.3 Å². The Balaban J connectivity index is 2.97. The van der Waals surface area contributed by atoms with Crippen LogP contribution in [0.15, 0.2) is 4.34 Å². The second kappa shape index (κ2) is 6.55. The maximum Gasteiger partial charge on any atom is 0.272 e. The Hall–Kier alpha value is -0.580. The van der Waals surface area contributed by atoms with Crippen molar-refractivity contribution < 1.29 is 13.2 Å². The SMILES string of the molecule is CCN(CCBr)S(=O)(=O)c1nnc(NC(C)=O)s1. The first kappa shape index (κ1) is 15.5. The number of aromatic nitrogens is 2. The van der Waals surface area contributed by atoms with Crippen LogP contribution < -0.4 is 5.32 Å². The van der Waals surface area contributed by atoms with E-state index in [-0.39, 0.29) is 15.4 Å². The zero-order chi connectivity index (χ0) is 13.8. The summed E-state index contributed by atoms with van der Waals surface area (Å²) in [6, 6.07) is 0. The lowest BCUT2D eigenvalue weighted by Crippen LogP contribution is -2.32. The van der Waals surface area contributed by atoms with Crippen molar-refractivity contribution in [3.8, 4) is 0 Å². The number of halogens is 1. The minimum atomic E-state index is -3.63. The Kier molecular flexibility index (Phi) is 5.63. The van der Waals surface area contributed by atoms with Gasteiger partial charge in [0.1, 0.15) is 0 Å². The molecule has 0 saturated carbocycles. The second-order valence-electron chi connectivity index (χ2n) is 3.24. The summed E-state index contributed by atoms with van der Waals surface area (Å²) in [5.41, 5.74) is 0. The van der Waals surface area contributed by atoms with Gasteiger partial charge in [-0.2, -0.15) is 4.31 Å². The van der Waals surface area contributed by atoms with Crippen LogP contribution in [0.4, 0.5) is 5.13 Å². The summed E-state index contributed by atoms with van der Waals surface area (Å²) in [6.45, 7) is 3.77. The van der Waals surface area contributed by atoms with Crippen LogP contribution in [0.3, 0.4) is 0 Å². The minimum Gasteiger partial charge on any atom is -0.301 e. The molecule has 0 spiro atoms. The molecule has 18 heavy (non-hydrogen) atoms. The molecule has 0 unspecified atom stereocenters. The van der Waals surface area contributed by atoms with Gasteiger partial charge in [-0.05, 0) is 0 Å². The van der Waals surface area contributed by atoms with Gasteiger partial charge in [0.25, 0.3) is 10.0 Å². The number of anilines is 1. The van der Waals surface area contributed by atoms with E-state index >= 15 is 0 Å². The van der Waals surface area contributed by atoms with Gasteiger partial charge in [0.2, 0.25) is 15.4 Å². The number of sulfonamides is 1. The summed E-state index contributed by atoms with van der Waals surface area (Å²) >= 11 is 4.04. The van der Waals surface area contributed by atoms with Gasteiger partial charge in [-0.25, -0.2) is 8.42 Å². The van der Waals surface area contributed by atoms with Crippen LogP contribution >= 0.6 is 27.3 Å². The first-order chi connectivity index (χ1) is 8.41. The maximum atomic E-state index is 12.2. The van der Waals surface area contributed by atoms with Gasteiger partial charge in [-0.15, -0.1) is 10.2 Å². The fourth-order valence-corrected chi connectivity index (χ4v) is 4.37. The molecule has 0 aliphatic carbocycles. The third-order valence-electron chi connectivity index (χ3n) is 1.94. The van der Waals surface area contributed by atoms with E-state index < -0.39 is 10.0 Å². The highest BCUT2D eigenvalue weighted by molar-refractivity contribution is 9.09. The number of rotatable bonds is 6. The molecule has 0 bridgehead atoms. The van der Waals surface area contributed by atoms with Gasteiger partial charge < -0.3 is 5.32 Å². The molecule has 1 aromatic rings. The summed E-state index contributed by atoms with van der Waals surface area (Å²) in [6.07, 6.45) is 0. The van der Waals surface area contributed by atoms with E-state index in [0.29, 0.717) is 18.4 Å². The molecule has 0 radical (unpaired) electrons. The lowest BCUT2D eigenvalue weighted by atomic mass is 10.7. The Labute approximate surface area is 118 Å². The fraction of sp³-hybridized carbons (Fsp3) is 0.625. The Morgan fingerprint density at radius 2 is 2.17 bits per heavy atom. The third kappa shape index (κ3) is 3.70. The normalized spacial score (nSPS) is 11.8. The lowest BCUT2D eigenvalue weighted by Gasteiger charge is -2.16. The number of hydrogen-bond donors (Lipinski definition) is 1. The first-order valence-electron chi connectivity index (χ1n) is 5.09. The average molecular weight is 357 g/mol. The van der Waals surface area contributed by atoms with Crippen LogP contribution in [0.5, 0.6) is 0 Å². The van der Waals surface area contributed by atoms with Crippen molar-refractivity contribution in [3.63, 3.8) is 0 Å². The molecule has 1 N–H and O–H groups in total. The molecule has 1 amide bonds. The largest absolute Gasteiger partial charge is 0.301 e. The number of hydrogen-bond acceptors (Lipinski definition) is 6. The van der Waals surface area contributed by atoms with Crippen molar-refractivity contribution in [3.05, 3.63) is 0 Å². The van der Waals surface area contributed by atoms with Crippen molar-refractivity contribution in [2.24, 2.45) is 0 Å². The van der Waals surface area contributed by atoms with Crippen molar-refractivity contribution in [1.82, 2.24) is 14.5 Å². The number of carbonyl (C=O) groups is 1. The van der Waals surface area contributed by atoms with Gasteiger partial charge in [0.05, 0.1) is 0 Å². The van der Waals surface area contributed by atoms with E-state index in [9.17, 15) is 13.2 Å². The van der Waals surface area contributed by atoms with Gasteiger partial charge in [0.15, 0.2) is 0 Å².